The molecule has 2 aromatic rings. The van der Waals surface area contributed by atoms with Gasteiger partial charge in [0.25, 0.3) is 0 Å². The normalized spacial score (nSPS) is 15.6. The minimum Gasteiger partial charge on any atom is -0.477 e. The van der Waals surface area contributed by atoms with Crippen LogP contribution in [0, 0.1) is 20.8 Å². The highest BCUT2D eigenvalue weighted by atomic mass is 19.4. The summed E-state index contributed by atoms with van der Waals surface area (Å²) >= 11 is 0. The van der Waals surface area contributed by atoms with Crippen LogP contribution in [-0.4, -0.2) is 22.2 Å². The zero-order valence-electron chi connectivity index (χ0n) is 14.6. The number of rotatable bonds is 4. The second kappa shape index (κ2) is 6.00. The minimum absolute atomic E-state index is 0.0576. The molecule has 1 aliphatic carbocycles. The van der Waals surface area contributed by atoms with E-state index in [0.29, 0.717) is 5.75 Å². The zero-order chi connectivity index (χ0) is 19.3. The summed E-state index contributed by atoms with van der Waals surface area (Å²) in [4.78, 5) is 15.4. The highest BCUT2D eigenvalue weighted by Crippen LogP contribution is 2.58. The summed E-state index contributed by atoms with van der Waals surface area (Å²) in [6.07, 6.45) is -4.55. The molecule has 0 radical (unpaired) electrons. The van der Waals surface area contributed by atoms with Gasteiger partial charge >= 0.3 is 12.1 Å². The van der Waals surface area contributed by atoms with Gasteiger partial charge in [0, 0.05) is 0 Å². The third-order valence-corrected chi connectivity index (χ3v) is 4.68. The summed E-state index contributed by atoms with van der Waals surface area (Å²) in [6.45, 7) is 5.49. The molecule has 26 heavy (non-hydrogen) atoms. The van der Waals surface area contributed by atoms with Gasteiger partial charge in [-0.2, -0.15) is 13.2 Å². The van der Waals surface area contributed by atoms with Gasteiger partial charge in [0.15, 0.2) is 0 Å². The van der Waals surface area contributed by atoms with E-state index in [0.717, 1.165) is 28.8 Å². The molecule has 1 aliphatic rings. The first-order chi connectivity index (χ1) is 12.0. The fraction of sp³-hybridized carbons (Fsp3) is 0.368. The zero-order valence-corrected chi connectivity index (χ0v) is 14.6. The van der Waals surface area contributed by atoms with Crippen LogP contribution < -0.4 is 4.74 Å². The number of carboxylic acid groups (broad SMARTS) is 1. The lowest BCUT2D eigenvalue weighted by molar-refractivity contribution is -0.161. The van der Waals surface area contributed by atoms with Crippen molar-refractivity contribution in [1.82, 2.24) is 4.98 Å². The van der Waals surface area contributed by atoms with E-state index in [1.165, 1.54) is 0 Å². The first kappa shape index (κ1) is 18.2. The number of hydrogen-bond acceptors (Lipinski definition) is 3. The maximum Gasteiger partial charge on any atom is 0.399 e. The van der Waals surface area contributed by atoms with Gasteiger partial charge in [0.1, 0.15) is 16.7 Å². The van der Waals surface area contributed by atoms with E-state index < -0.39 is 17.6 Å². The number of aromatic nitrogens is 1. The van der Waals surface area contributed by atoms with Crippen LogP contribution >= 0.6 is 0 Å². The van der Waals surface area contributed by atoms with E-state index in [2.05, 4.69) is 4.98 Å². The van der Waals surface area contributed by atoms with Gasteiger partial charge in [-0.25, -0.2) is 9.78 Å². The Bertz CT molecular complexity index is 863. The Labute approximate surface area is 148 Å². The largest absolute Gasteiger partial charge is 0.477 e. The molecule has 1 aromatic heterocycles. The molecule has 0 saturated heterocycles. The summed E-state index contributed by atoms with van der Waals surface area (Å²) in [7, 11) is 0. The van der Waals surface area contributed by atoms with Gasteiger partial charge in [-0.3, -0.25) is 0 Å². The Hall–Kier alpha value is -2.57. The molecule has 0 atom stereocenters. The van der Waals surface area contributed by atoms with Crippen LogP contribution in [-0.2, 0) is 5.41 Å². The topological polar surface area (TPSA) is 59.4 Å². The Morgan fingerprint density at radius 3 is 2.19 bits per heavy atom. The smallest absolute Gasteiger partial charge is 0.399 e. The van der Waals surface area contributed by atoms with Gasteiger partial charge < -0.3 is 9.84 Å². The minimum atomic E-state index is -4.43. The number of pyridine rings is 1. The van der Waals surface area contributed by atoms with Crippen LogP contribution in [0.5, 0.6) is 11.6 Å². The molecule has 7 heteroatoms. The first-order valence-corrected chi connectivity index (χ1v) is 8.12. The number of aromatic carboxylic acids is 1. The molecule has 1 heterocycles. The summed E-state index contributed by atoms with van der Waals surface area (Å²) in [6, 6.07) is 5.96. The number of benzene rings is 1. The predicted molar refractivity (Wildman–Crippen MR) is 88.9 cm³/mol. The van der Waals surface area contributed by atoms with E-state index >= 15 is 0 Å². The molecule has 4 nitrogen and oxygen atoms in total. The fourth-order valence-corrected chi connectivity index (χ4v) is 3.18. The van der Waals surface area contributed by atoms with E-state index in [1.54, 1.807) is 13.8 Å². The van der Waals surface area contributed by atoms with Crippen molar-refractivity contribution in [2.24, 2.45) is 0 Å². The highest BCUT2D eigenvalue weighted by Gasteiger charge is 2.65. The third kappa shape index (κ3) is 3.02. The molecule has 3 rings (SSSR count). The molecule has 0 unspecified atom stereocenters. The quantitative estimate of drug-likeness (QED) is 0.820. The Morgan fingerprint density at radius 1 is 1.15 bits per heavy atom. The van der Waals surface area contributed by atoms with Crippen molar-refractivity contribution >= 4 is 5.97 Å². The van der Waals surface area contributed by atoms with E-state index in [4.69, 9.17) is 4.74 Å². The van der Waals surface area contributed by atoms with Crippen molar-refractivity contribution in [2.45, 2.75) is 45.2 Å². The summed E-state index contributed by atoms with van der Waals surface area (Å²) < 4.78 is 45.8. The summed E-state index contributed by atoms with van der Waals surface area (Å²) in [5.74, 6) is -1.22. The molecule has 1 aromatic carbocycles. The number of hydrogen-bond donors (Lipinski definition) is 1. The molecule has 0 aliphatic heterocycles. The summed E-state index contributed by atoms with van der Waals surface area (Å²) in [5.41, 5.74) is 0.0329. The summed E-state index contributed by atoms with van der Waals surface area (Å²) in [5, 5.41) is 9.35. The SMILES string of the molecule is Cc1cc(C)c(Oc2nc(C3(C(F)(F)F)CC3)ccc2C(=O)O)c(C)c1. The number of alkyl halides is 3. The predicted octanol–water partition coefficient (Wildman–Crippen LogP) is 5.09. The van der Waals surface area contributed by atoms with Crippen LogP contribution in [0.2, 0.25) is 0 Å². The van der Waals surface area contributed by atoms with Gasteiger partial charge in [-0.05, 0) is 56.9 Å². The lowest BCUT2D eigenvalue weighted by atomic mass is 10.0. The second-order valence-electron chi connectivity index (χ2n) is 6.76. The molecule has 1 fully saturated rings. The Kier molecular flexibility index (Phi) is 4.21. The molecular weight excluding hydrogens is 347 g/mol. The van der Waals surface area contributed by atoms with Crippen LogP contribution in [0.1, 0.15) is 45.6 Å². The average molecular weight is 365 g/mol. The van der Waals surface area contributed by atoms with E-state index in [-0.39, 0.29) is 30.0 Å². The van der Waals surface area contributed by atoms with Crippen LogP contribution in [0.15, 0.2) is 24.3 Å². The van der Waals surface area contributed by atoms with Crippen molar-refractivity contribution in [2.75, 3.05) is 0 Å². The highest BCUT2D eigenvalue weighted by molar-refractivity contribution is 5.90. The third-order valence-electron chi connectivity index (χ3n) is 4.68. The van der Waals surface area contributed by atoms with Gasteiger partial charge in [-0.1, -0.05) is 17.7 Å². The van der Waals surface area contributed by atoms with Crippen molar-refractivity contribution in [3.05, 3.63) is 52.2 Å². The lowest BCUT2D eigenvalue weighted by Gasteiger charge is -2.20. The lowest BCUT2D eigenvalue weighted by Crippen LogP contribution is -2.29. The number of carboxylic acids is 1. The van der Waals surface area contributed by atoms with Gasteiger partial charge in [-0.15, -0.1) is 0 Å². The number of ether oxygens (including phenoxy) is 1. The molecule has 1 N–H and O–H groups in total. The van der Waals surface area contributed by atoms with Crippen molar-refractivity contribution in [3.8, 4) is 11.6 Å². The number of nitrogens with zero attached hydrogens (tertiary/aromatic N) is 1. The van der Waals surface area contributed by atoms with Crippen LogP contribution in [0.4, 0.5) is 13.2 Å². The van der Waals surface area contributed by atoms with Gasteiger partial charge in [0.2, 0.25) is 5.88 Å². The standard InChI is InChI=1S/C19H18F3NO3/c1-10-8-11(2)15(12(3)9-10)26-16-13(17(24)25)4-5-14(23-16)18(6-7-18)19(20,21)22/h4-5,8-9H,6-7H2,1-3H3,(H,24,25). The van der Waals surface area contributed by atoms with Crippen molar-refractivity contribution in [3.63, 3.8) is 0 Å². The average Bonchev–Trinajstić information content (AvgIpc) is 3.32. The Morgan fingerprint density at radius 2 is 1.73 bits per heavy atom. The Balaban J connectivity index is 2.09. The molecule has 0 amide bonds. The maximum absolute atomic E-state index is 13.4. The van der Waals surface area contributed by atoms with Crippen molar-refractivity contribution < 1.29 is 27.8 Å². The molecule has 138 valence electrons. The number of halogens is 3. The van der Waals surface area contributed by atoms with Gasteiger partial charge in [0.05, 0.1) is 5.69 Å². The first-order valence-electron chi connectivity index (χ1n) is 8.12. The second-order valence-corrected chi connectivity index (χ2v) is 6.76. The van der Waals surface area contributed by atoms with Crippen LogP contribution in [0.3, 0.4) is 0 Å². The molecule has 1 saturated carbocycles. The molecular formula is C19H18F3NO3. The van der Waals surface area contributed by atoms with Crippen molar-refractivity contribution in [1.29, 1.82) is 0 Å². The maximum atomic E-state index is 13.4. The number of carbonyl (C=O) groups is 1. The fourth-order valence-electron chi connectivity index (χ4n) is 3.18. The molecule has 0 spiro atoms. The number of aryl methyl sites for hydroxylation is 3. The van der Waals surface area contributed by atoms with E-state index in [1.807, 2.05) is 19.1 Å². The molecule has 0 bridgehead atoms. The monoisotopic (exact) mass is 365 g/mol. The van der Waals surface area contributed by atoms with E-state index in [9.17, 15) is 23.1 Å². The van der Waals surface area contributed by atoms with Crippen LogP contribution in [0.25, 0.3) is 0 Å².